The number of nitriles is 1. The number of benzene rings is 2. The van der Waals surface area contributed by atoms with Gasteiger partial charge in [-0.15, -0.1) is 0 Å². The lowest BCUT2D eigenvalue weighted by molar-refractivity contribution is -0.0498. The third-order valence-electron chi connectivity index (χ3n) is 2.89. The van der Waals surface area contributed by atoms with Crippen molar-refractivity contribution >= 4 is 23.5 Å². The lowest BCUT2D eigenvalue weighted by atomic mass is 10.0. The SMILES string of the molecule is N#C/C(=C\c1ccc(OC(F)F)cc1)C(=O)c1ccc(Cl)cc1. The van der Waals surface area contributed by atoms with Crippen molar-refractivity contribution in [3.8, 4) is 11.8 Å². The van der Waals surface area contributed by atoms with Crippen LogP contribution in [0.2, 0.25) is 5.02 Å². The molecule has 0 fully saturated rings. The zero-order chi connectivity index (χ0) is 16.8. The van der Waals surface area contributed by atoms with Crippen LogP contribution in [-0.4, -0.2) is 12.4 Å². The van der Waals surface area contributed by atoms with Crippen LogP contribution in [0.25, 0.3) is 6.08 Å². The summed E-state index contributed by atoms with van der Waals surface area (Å²) >= 11 is 5.75. The highest BCUT2D eigenvalue weighted by molar-refractivity contribution is 6.30. The number of ether oxygens (including phenoxy) is 1. The summed E-state index contributed by atoms with van der Waals surface area (Å²) in [6.07, 6.45) is 1.38. The van der Waals surface area contributed by atoms with Gasteiger partial charge in [0.25, 0.3) is 0 Å². The maximum atomic E-state index is 12.2. The third-order valence-corrected chi connectivity index (χ3v) is 3.14. The van der Waals surface area contributed by atoms with E-state index in [0.717, 1.165) is 0 Å². The monoisotopic (exact) mass is 333 g/mol. The van der Waals surface area contributed by atoms with Crippen LogP contribution in [0.15, 0.2) is 54.1 Å². The van der Waals surface area contributed by atoms with Gasteiger partial charge in [-0.3, -0.25) is 4.79 Å². The molecule has 0 aliphatic heterocycles. The minimum Gasteiger partial charge on any atom is -0.435 e. The Kier molecular flexibility index (Phi) is 5.45. The molecule has 23 heavy (non-hydrogen) atoms. The van der Waals surface area contributed by atoms with E-state index in [9.17, 15) is 13.6 Å². The lowest BCUT2D eigenvalue weighted by Gasteiger charge is -2.04. The summed E-state index contributed by atoms with van der Waals surface area (Å²) in [5.41, 5.74) is 0.778. The predicted octanol–water partition coefficient (Wildman–Crippen LogP) is 4.73. The molecule has 0 saturated heterocycles. The summed E-state index contributed by atoms with van der Waals surface area (Å²) in [5, 5.41) is 9.64. The maximum absolute atomic E-state index is 12.2. The van der Waals surface area contributed by atoms with E-state index in [1.54, 1.807) is 12.1 Å². The quantitative estimate of drug-likeness (QED) is 0.451. The molecule has 2 rings (SSSR count). The first kappa shape index (κ1) is 16.7. The van der Waals surface area contributed by atoms with Crippen LogP contribution in [0.4, 0.5) is 8.78 Å². The van der Waals surface area contributed by atoms with Crippen LogP contribution in [0.5, 0.6) is 5.75 Å². The van der Waals surface area contributed by atoms with Gasteiger partial charge in [0.15, 0.2) is 0 Å². The fourth-order valence-corrected chi connectivity index (χ4v) is 1.94. The van der Waals surface area contributed by atoms with Gasteiger partial charge in [-0.05, 0) is 48.0 Å². The van der Waals surface area contributed by atoms with Gasteiger partial charge in [-0.1, -0.05) is 23.7 Å². The number of hydrogen-bond donors (Lipinski definition) is 0. The van der Waals surface area contributed by atoms with Gasteiger partial charge in [0.2, 0.25) is 5.78 Å². The van der Waals surface area contributed by atoms with Gasteiger partial charge in [-0.25, -0.2) is 0 Å². The third kappa shape index (κ3) is 4.63. The summed E-state index contributed by atoms with van der Waals surface area (Å²) in [4.78, 5) is 12.2. The number of allylic oxidation sites excluding steroid dienone is 1. The van der Waals surface area contributed by atoms with Gasteiger partial charge in [0.1, 0.15) is 17.4 Å². The molecule has 0 radical (unpaired) electrons. The lowest BCUT2D eigenvalue weighted by Crippen LogP contribution is -2.02. The smallest absolute Gasteiger partial charge is 0.387 e. The van der Waals surface area contributed by atoms with Crippen LogP contribution < -0.4 is 4.74 Å². The van der Waals surface area contributed by atoms with E-state index in [4.69, 9.17) is 16.9 Å². The minimum atomic E-state index is -2.91. The number of carbonyl (C=O) groups is 1. The first-order valence-corrected chi connectivity index (χ1v) is 6.84. The molecular weight excluding hydrogens is 324 g/mol. The fraction of sp³-hybridized carbons (Fsp3) is 0.0588. The molecule has 0 aliphatic rings. The fourth-order valence-electron chi connectivity index (χ4n) is 1.82. The van der Waals surface area contributed by atoms with Crippen molar-refractivity contribution in [2.75, 3.05) is 0 Å². The van der Waals surface area contributed by atoms with E-state index in [-0.39, 0.29) is 11.3 Å². The molecular formula is C17H10ClF2NO2. The van der Waals surface area contributed by atoms with Crippen LogP contribution in [0, 0.1) is 11.3 Å². The van der Waals surface area contributed by atoms with E-state index in [0.29, 0.717) is 16.1 Å². The topological polar surface area (TPSA) is 50.1 Å². The Hall–Kier alpha value is -2.71. The van der Waals surface area contributed by atoms with Crippen molar-refractivity contribution < 1.29 is 18.3 Å². The van der Waals surface area contributed by atoms with Gasteiger partial charge < -0.3 is 4.74 Å². The Morgan fingerprint density at radius 1 is 1.13 bits per heavy atom. The van der Waals surface area contributed by atoms with Gasteiger partial charge in [0, 0.05) is 10.6 Å². The maximum Gasteiger partial charge on any atom is 0.387 e. The normalized spacial score (nSPS) is 11.2. The molecule has 0 aliphatic carbocycles. The van der Waals surface area contributed by atoms with Crippen molar-refractivity contribution in [3.05, 3.63) is 70.3 Å². The van der Waals surface area contributed by atoms with Crippen LogP contribution >= 0.6 is 11.6 Å². The van der Waals surface area contributed by atoms with E-state index >= 15 is 0 Å². The van der Waals surface area contributed by atoms with Crippen molar-refractivity contribution in [1.82, 2.24) is 0 Å². The largest absolute Gasteiger partial charge is 0.435 e. The first-order chi connectivity index (χ1) is 11.0. The molecule has 0 atom stereocenters. The van der Waals surface area contributed by atoms with Crippen molar-refractivity contribution in [2.24, 2.45) is 0 Å². The molecule has 0 heterocycles. The van der Waals surface area contributed by atoms with Gasteiger partial charge >= 0.3 is 6.61 Å². The Bertz CT molecular complexity index is 763. The number of halogens is 3. The summed E-state index contributed by atoms with van der Waals surface area (Å²) in [6.45, 7) is -2.91. The van der Waals surface area contributed by atoms with E-state index in [1.807, 2.05) is 6.07 Å². The zero-order valence-electron chi connectivity index (χ0n) is 11.7. The summed E-state index contributed by atoms with van der Waals surface area (Å²) in [6, 6.07) is 13.6. The molecule has 0 spiro atoms. The average molecular weight is 334 g/mol. The number of ketones is 1. The number of nitrogens with zero attached hydrogens (tertiary/aromatic N) is 1. The highest BCUT2D eigenvalue weighted by Crippen LogP contribution is 2.18. The molecule has 2 aromatic carbocycles. The molecule has 6 heteroatoms. The highest BCUT2D eigenvalue weighted by atomic mass is 35.5. The van der Waals surface area contributed by atoms with E-state index in [2.05, 4.69) is 4.74 Å². The molecule has 0 amide bonds. The second kappa shape index (κ2) is 7.52. The standard InChI is InChI=1S/C17H10ClF2NO2/c18-14-5-3-12(4-6-14)16(22)13(10-21)9-11-1-7-15(8-2-11)23-17(19)20/h1-9,17H/b13-9+. The second-order valence-electron chi connectivity index (χ2n) is 4.45. The van der Waals surface area contributed by atoms with E-state index in [1.165, 1.54) is 42.5 Å². The molecule has 116 valence electrons. The minimum absolute atomic E-state index is 0.000291. The van der Waals surface area contributed by atoms with Gasteiger partial charge in [-0.2, -0.15) is 14.0 Å². The van der Waals surface area contributed by atoms with Crippen molar-refractivity contribution in [3.63, 3.8) is 0 Å². The average Bonchev–Trinajstić information content (AvgIpc) is 2.53. The van der Waals surface area contributed by atoms with Crippen molar-refractivity contribution in [2.45, 2.75) is 6.61 Å². The summed E-state index contributed by atoms with van der Waals surface area (Å²) < 4.78 is 28.4. The summed E-state index contributed by atoms with van der Waals surface area (Å²) in [7, 11) is 0. The molecule has 0 unspecified atom stereocenters. The number of Topliss-reactive ketones (excluding diaryl/α,β-unsaturated/α-hetero) is 1. The van der Waals surface area contributed by atoms with Crippen LogP contribution in [0.3, 0.4) is 0 Å². The molecule has 3 nitrogen and oxygen atoms in total. The molecule has 0 N–H and O–H groups in total. The summed E-state index contributed by atoms with van der Waals surface area (Å²) in [5.74, 6) is -0.447. The van der Waals surface area contributed by atoms with Crippen LogP contribution in [-0.2, 0) is 0 Å². The van der Waals surface area contributed by atoms with Gasteiger partial charge in [0.05, 0.1) is 0 Å². The number of carbonyl (C=O) groups excluding carboxylic acids is 1. The molecule has 0 bridgehead atoms. The second-order valence-corrected chi connectivity index (χ2v) is 4.89. The Morgan fingerprint density at radius 3 is 2.26 bits per heavy atom. The van der Waals surface area contributed by atoms with Crippen molar-refractivity contribution in [1.29, 1.82) is 5.26 Å². The zero-order valence-corrected chi connectivity index (χ0v) is 12.4. The molecule has 2 aromatic rings. The van der Waals surface area contributed by atoms with E-state index < -0.39 is 12.4 Å². The first-order valence-electron chi connectivity index (χ1n) is 6.46. The van der Waals surface area contributed by atoms with Crippen LogP contribution in [0.1, 0.15) is 15.9 Å². The number of hydrogen-bond acceptors (Lipinski definition) is 3. The molecule has 0 saturated carbocycles. The molecule has 0 aromatic heterocycles. The Labute approximate surface area is 136 Å². The predicted molar refractivity (Wildman–Crippen MR) is 82.4 cm³/mol. The highest BCUT2D eigenvalue weighted by Gasteiger charge is 2.12. The Balaban J connectivity index is 2.23. The number of rotatable bonds is 5. The Morgan fingerprint density at radius 2 is 1.74 bits per heavy atom. The number of alkyl halides is 2.